The van der Waals surface area contributed by atoms with Crippen LogP contribution in [-0.2, 0) is 10.3 Å². The van der Waals surface area contributed by atoms with Gasteiger partial charge in [0.05, 0.1) is 11.5 Å². The SMILES string of the molecule is CC(C)c1cc(C(=O)N2C[C@H](C(N)=O)CC[C@@H]2C)nn1C(C)(C)C. The van der Waals surface area contributed by atoms with Crippen molar-refractivity contribution in [1.82, 2.24) is 14.7 Å². The molecule has 2 atom stereocenters. The zero-order valence-corrected chi connectivity index (χ0v) is 15.7. The summed E-state index contributed by atoms with van der Waals surface area (Å²) in [5.41, 5.74) is 6.74. The monoisotopic (exact) mass is 334 g/mol. The standard InChI is InChI=1S/C18H30N4O2/c1-11(2)15-9-14(20-22(15)18(4,5)6)17(24)21-10-13(16(19)23)8-7-12(21)3/h9,11-13H,7-8,10H2,1-6H3,(H2,19,23)/t12-,13+/m0/s1. The maximum atomic E-state index is 13.0. The summed E-state index contributed by atoms with van der Waals surface area (Å²) in [6.07, 6.45) is 1.53. The quantitative estimate of drug-likeness (QED) is 0.922. The van der Waals surface area contributed by atoms with E-state index < -0.39 is 0 Å². The molecule has 2 rings (SSSR count). The van der Waals surface area contributed by atoms with Crippen LogP contribution in [0.15, 0.2) is 6.07 Å². The highest BCUT2D eigenvalue weighted by Crippen LogP contribution is 2.27. The van der Waals surface area contributed by atoms with Crippen molar-refractivity contribution in [1.29, 1.82) is 0 Å². The maximum Gasteiger partial charge on any atom is 0.274 e. The molecule has 1 aromatic rings. The first-order chi connectivity index (χ1) is 11.0. The van der Waals surface area contributed by atoms with Crippen LogP contribution in [0.5, 0.6) is 0 Å². The molecule has 0 unspecified atom stereocenters. The van der Waals surface area contributed by atoms with E-state index in [-0.39, 0.29) is 35.2 Å². The van der Waals surface area contributed by atoms with E-state index in [1.54, 1.807) is 4.90 Å². The topological polar surface area (TPSA) is 81.2 Å². The predicted molar refractivity (Wildman–Crippen MR) is 93.7 cm³/mol. The second kappa shape index (κ2) is 6.57. The van der Waals surface area contributed by atoms with Gasteiger partial charge < -0.3 is 10.6 Å². The highest BCUT2D eigenvalue weighted by atomic mass is 16.2. The molecular formula is C18H30N4O2. The van der Waals surface area contributed by atoms with Gasteiger partial charge in [-0.1, -0.05) is 13.8 Å². The fraction of sp³-hybridized carbons (Fsp3) is 0.722. The summed E-state index contributed by atoms with van der Waals surface area (Å²) in [5.74, 6) is -0.434. The average Bonchev–Trinajstić information content (AvgIpc) is 2.92. The fourth-order valence-electron chi connectivity index (χ4n) is 3.22. The molecule has 6 heteroatoms. The van der Waals surface area contributed by atoms with E-state index >= 15 is 0 Å². The molecule has 0 aliphatic carbocycles. The molecule has 0 saturated carbocycles. The lowest BCUT2D eigenvalue weighted by Gasteiger charge is -2.36. The lowest BCUT2D eigenvalue weighted by atomic mass is 9.92. The molecule has 0 spiro atoms. The van der Waals surface area contributed by atoms with E-state index in [0.29, 0.717) is 12.2 Å². The predicted octanol–water partition coefficient (Wildman–Crippen LogP) is 2.49. The molecule has 24 heavy (non-hydrogen) atoms. The number of rotatable bonds is 3. The van der Waals surface area contributed by atoms with Gasteiger partial charge in [-0.2, -0.15) is 5.10 Å². The molecule has 2 N–H and O–H groups in total. The number of amides is 2. The first kappa shape index (κ1) is 18.5. The van der Waals surface area contributed by atoms with Crippen molar-refractivity contribution < 1.29 is 9.59 Å². The molecule has 1 aliphatic heterocycles. The van der Waals surface area contributed by atoms with Gasteiger partial charge in [-0.05, 0) is 52.5 Å². The van der Waals surface area contributed by atoms with Gasteiger partial charge in [-0.25, -0.2) is 0 Å². The van der Waals surface area contributed by atoms with Gasteiger partial charge in [0, 0.05) is 18.3 Å². The Bertz CT molecular complexity index is 627. The number of nitrogens with two attached hydrogens (primary N) is 1. The van der Waals surface area contributed by atoms with E-state index in [1.165, 1.54) is 0 Å². The van der Waals surface area contributed by atoms with Gasteiger partial charge in [-0.3, -0.25) is 14.3 Å². The molecule has 1 fully saturated rings. The summed E-state index contributed by atoms with van der Waals surface area (Å²) in [6.45, 7) is 12.8. The number of hydrogen-bond donors (Lipinski definition) is 1. The summed E-state index contributed by atoms with van der Waals surface area (Å²) >= 11 is 0. The van der Waals surface area contributed by atoms with Crippen molar-refractivity contribution >= 4 is 11.8 Å². The Morgan fingerprint density at radius 2 is 1.92 bits per heavy atom. The number of nitrogens with zero attached hydrogens (tertiary/aromatic N) is 3. The number of piperidine rings is 1. The smallest absolute Gasteiger partial charge is 0.274 e. The van der Waals surface area contributed by atoms with E-state index in [2.05, 4.69) is 39.7 Å². The van der Waals surface area contributed by atoms with Crippen molar-refractivity contribution in [3.63, 3.8) is 0 Å². The van der Waals surface area contributed by atoms with E-state index in [1.807, 2.05) is 17.7 Å². The molecule has 1 aliphatic rings. The van der Waals surface area contributed by atoms with Crippen LogP contribution in [0.3, 0.4) is 0 Å². The van der Waals surface area contributed by atoms with Crippen molar-refractivity contribution in [3.05, 3.63) is 17.5 Å². The molecule has 1 saturated heterocycles. The minimum atomic E-state index is -0.331. The van der Waals surface area contributed by atoms with E-state index in [4.69, 9.17) is 5.73 Å². The molecule has 0 radical (unpaired) electrons. The maximum absolute atomic E-state index is 13.0. The van der Waals surface area contributed by atoms with Crippen LogP contribution in [0.2, 0.25) is 0 Å². The van der Waals surface area contributed by atoms with Gasteiger partial charge in [0.2, 0.25) is 5.91 Å². The highest BCUT2D eigenvalue weighted by molar-refractivity contribution is 5.93. The van der Waals surface area contributed by atoms with Gasteiger partial charge in [0.25, 0.3) is 5.91 Å². The van der Waals surface area contributed by atoms with Gasteiger partial charge in [0.15, 0.2) is 5.69 Å². The molecule has 0 bridgehead atoms. The number of primary amides is 1. The van der Waals surface area contributed by atoms with Gasteiger partial charge >= 0.3 is 0 Å². The van der Waals surface area contributed by atoms with E-state index in [0.717, 1.165) is 18.5 Å². The first-order valence-electron chi connectivity index (χ1n) is 8.73. The van der Waals surface area contributed by atoms with Crippen LogP contribution >= 0.6 is 0 Å². The second-order valence-corrected chi connectivity index (χ2v) is 8.17. The molecule has 2 amide bonds. The lowest BCUT2D eigenvalue weighted by molar-refractivity contribution is -0.123. The Hall–Kier alpha value is -1.85. The number of hydrogen-bond acceptors (Lipinski definition) is 3. The number of carbonyl (C=O) groups excluding carboxylic acids is 2. The number of aromatic nitrogens is 2. The largest absolute Gasteiger partial charge is 0.369 e. The molecular weight excluding hydrogens is 304 g/mol. The van der Waals surface area contributed by atoms with Crippen molar-refractivity contribution in [2.75, 3.05) is 6.54 Å². The summed E-state index contributed by atoms with van der Waals surface area (Å²) in [7, 11) is 0. The molecule has 6 nitrogen and oxygen atoms in total. The molecule has 0 aromatic carbocycles. The summed E-state index contributed by atoms with van der Waals surface area (Å²) < 4.78 is 1.94. The van der Waals surface area contributed by atoms with Crippen LogP contribution in [0, 0.1) is 5.92 Å². The Morgan fingerprint density at radius 3 is 2.38 bits per heavy atom. The normalized spacial score (nSPS) is 22.0. The molecule has 1 aromatic heterocycles. The van der Waals surface area contributed by atoms with Crippen LogP contribution in [0.4, 0.5) is 0 Å². The second-order valence-electron chi connectivity index (χ2n) is 8.17. The Balaban J connectivity index is 2.33. The minimum absolute atomic E-state index is 0.0930. The highest BCUT2D eigenvalue weighted by Gasteiger charge is 2.34. The number of likely N-dealkylation sites (tertiary alicyclic amines) is 1. The zero-order valence-electron chi connectivity index (χ0n) is 15.7. The van der Waals surface area contributed by atoms with Gasteiger partial charge in [0.1, 0.15) is 0 Å². The summed E-state index contributed by atoms with van der Waals surface area (Å²) in [6, 6.07) is 1.98. The summed E-state index contributed by atoms with van der Waals surface area (Å²) in [4.78, 5) is 26.2. The minimum Gasteiger partial charge on any atom is -0.369 e. The van der Waals surface area contributed by atoms with Crippen LogP contribution in [-0.4, -0.2) is 39.1 Å². The van der Waals surface area contributed by atoms with E-state index in [9.17, 15) is 9.59 Å². The van der Waals surface area contributed by atoms with Gasteiger partial charge in [-0.15, -0.1) is 0 Å². The zero-order chi connectivity index (χ0) is 18.2. The lowest BCUT2D eigenvalue weighted by Crippen LogP contribution is -2.48. The van der Waals surface area contributed by atoms with Crippen molar-refractivity contribution in [3.8, 4) is 0 Å². The molecule has 134 valence electrons. The Labute approximate surface area is 144 Å². The van der Waals surface area contributed by atoms with Crippen LogP contribution in [0.25, 0.3) is 0 Å². The fourth-order valence-corrected chi connectivity index (χ4v) is 3.22. The van der Waals surface area contributed by atoms with Crippen molar-refractivity contribution in [2.24, 2.45) is 11.7 Å². The van der Waals surface area contributed by atoms with Crippen LogP contribution < -0.4 is 5.73 Å². The average molecular weight is 334 g/mol. The molecule has 2 heterocycles. The van der Waals surface area contributed by atoms with Crippen molar-refractivity contribution in [2.45, 2.75) is 71.9 Å². The Morgan fingerprint density at radius 1 is 1.29 bits per heavy atom. The third-order valence-electron chi connectivity index (χ3n) is 4.73. The summed E-state index contributed by atoms with van der Waals surface area (Å²) in [5, 5.41) is 4.59. The first-order valence-corrected chi connectivity index (χ1v) is 8.73. The third kappa shape index (κ3) is 3.62. The number of carbonyl (C=O) groups is 2. The third-order valence-corrected chi connectivity index (χ3v) is 4.73. The van der Waals surface area contributed by atoms with Crippen LogP contribution in [0.1, 0.15) is 76.5 Å². The Kier molecular flexibility index (Phi) is 5.06.